The Hall–Kier alpha value is -1.27. The molecule has 5 nitrogen and oxygen atoms in total. The molecule has 0 aliphatic carbocycles. The summed E-state index contributed by atoms with van der Waals surface area (Å²) in [5.41, 5.74) is 0. The van der Waals surface area contributed by atoms with Gasteiger partial charge >= 0.3 is 6.03 Å². The van der Waals surface area contributed by atoms with Crippen molar-refractivity contribution in [2.45, 2.75) is 6.04 Å². The van der Waals surface area contributed by atoms with E-state index in [1.54, 1.807) is 0 Å². The first-order valence-electron chi connectivity index (χ1n) is 6.88. The van der Waals surface area contributed by atoms with E-state index in [4.69, 9.17) is 4.74 Å². The van der Waals surface area contributed by atoms with Crippen LogP contribution in [-0.2, 0) is 0 Å². The van der Waals surface area contributed by atoms with Gasteiger partial charge in [0.25, 0.3) is 0 Å². The van der Waals surface area contributed by atoms with E-state index >= 15 is 0 Å². The van der Waals surface area contributed by atoms with Crippen LogP contribution in [0.3, 0.4) is 0 Å². The highest BCUT2D eigenvalue weighted by Gasteiger charge is 2.37. The number of piperazine rings is 1. The standard InChI is InChI=1S/C14H18BrN3O2/c15-11-1-3-13(4-2-11)20-8-7-17-10-12-9-16-5-6-18(12)14(17)19/h1-4,12,16H,5-10H2. The van der Waals surface area contributed by atoms with Gasteiger partial charge in [0, 0.05) is 30.7 Å². The number of halogens is 1. The zero-order valence-electron chi connectivity index (χ0n) is 11.2. The number of fused-ring (bicyclic) bond motifs is 1. The van der Waals surface area contributed by atoms with E-state index < -0.39 is 0 Å². The van der Waals surface area contributed by atoms with Crippen LogP contribution in [-0.4, -0.2) is 61.2 Å². The molecule has 1 unspecified atom stereocenters. The van der Waals surface area contributed by atoms with Crippen LogP contribution < -0.4 is 10.1 Å². The van der Waals surface area contributed by atoms with Gasteiger partial charge in [-0.05, 0) is 24.3 Å². The lowest BCUT2D eigenvalue weighted by molar-refractivity contribution is 0.174. The molecule has 2 aliphatic heterocycles. The van der Waals surface area contributed by atoms with E-state index in [1.807, 2.05) is 34.1 Å². The largest absolute Gasteiger partial charge is 0.492 e. The number of nitrogens with one attached hydrogen (secondary N) is 1. The van der Waals surface area contributed by atoms with E-state index in [0.29, 0.717) is 19.2 Å². The lowest BCUT2D eigenvalue weighted by atomic mass is 10.2. The van der Waals surface area contributed by atoms with Gasteiger partial charge in [0.05, 0.1) is 12.6 Å². The van der Waals surface area contributed by atoms with E-state index in [1.165, 1.54) is 0 Å². The summed E-state index contributed by atoms with van der Waals surface area (Å²) in [6.45, 7) is 4.58. The highest BCUT2D eigenvalue weighted by atomic mass is 79.9. The topological polar surface area (TPSA) is 44.8 Å². The molecule has 20 heavy (non-hydrogen) atoms. The van der Waals surface area contributed by atoms with Crippen molar-refractivity contribution in [3.05, 3.63) is 28.7 Å². The number of hydrogen-bond donors (Lipinski definition) is 1. The fourth-order valence-electron chi connectivity index (χ4n) is 2.68. The summed E-state index contributed by atoms with van der Waals surface area (Å²) in [6, 6.07) is 8.20. The molecule has 1 N–H and O–H groups in total. The molecule has 6 heteroatoms. The van der Waals surface area contributed by atoms with Crippen molar-refractivity contribution in [2.24, 2.45) is 0 Å². The smallest absolute Gasteiger partial charge is 0.320 e. The molecule has 1 aromatic carbocycles. The first kappa shape index (κ1) is 13.7. The molecule has 1 aromatic rings. The van der Waals surface area contributed by atoms with Gasteiger partial charge < -0.3 is 19.9 Å². The molecule has 2 aliphatic rings. The third-order valence-corrected chi connectivity index (χ3v) is 4.27. The van der Waals surface area contributed by atoms with Crippen LogP contribution >= 0.6 is 15.9 Å². The maximum absolute atomic E-state index is 12.2. The van der Waals surface area contributed by atoms with Crippen molar-refractivity contribution < 1.29 is 9.53 Å². The predicted octanol–water partition coefficient (Wildman–Crippen LogP) is 1.54. The number of nitrogens with zero attached hydrogens (tertiary/aromatic N) is 2. The summed E-state index contributed by atoms with van der Waals surface area (Å²) in [5, 5.41) is 3.33. The first-order valence-corrected chi connectivity index (χ1v) is 7.68. The molecule has 2 saturated heterocycles. The molecule has 0 bridgehead atoms. The van der Waals surface area contributed by atoms with Gasteiger partial charge in [-0.25, -0.2) is 4.79 Å². The number of urea groups is 1. The molecule has 0 radical (unpaired) electrons. The van der Waals surface area contributed by atoms with Crippen molar-refractivity contribution in [3.8, 4) is 5.75 Å². The van der Waals surface area contributed by atoms with E-state index in [9.17, 15) is 4.79 Å². The second kappa shape index (κ2) is 6.01. The number of carbonyl (C=O) groups is 1. The molecule has 3 rings (SSSR count). The molecule has 0 spiro atoms. The molecule has 2 heterocycles. The molecule has 0 saturated carbocycles. The maximum atomic E-state index is 12.2. The number of amides is 2. The Labute approximate surface area is 127 Å². The Morgan fingerprint density at radius 2 is 2.15 bits per heavy atom. The summed E-state index contributed by atoms with van der Waals surface area (Å²) in [5.74, 6) is 0.833. The Kier molecular flexibility index (Phi) is 4.12. The zero-order valence-corrected chi connectivity index (χ0v) is 12.8. The molecule has 2 fully saturated rings. The molecule has 2 amide bonds. The van der Waals surface area contributed by atoms with Crippen molar-refractivity contribution in [3.63, 3.8) is 0 Å². The van der Waals surface area contributed by atoms with E-state index in [2.05, 4.69) is 21.2 Å². The quantitative estimate of drug-likeness (QED) is 0.904. The number of carbonyl (C=O) groups excluding carboxylic acids is 1. The fourth-order valence-corrected chi connectivity index (χ4v) is 2.95. The van der Waals surface area contributed by atoms with E-state index in [0.717, 1.165) is 36.4 Å². The average molecular weight is 340 g/mol. The Bertz CT molecular complexity index is 480. The molecule has 108 valence electrons. The van der Waals surface area contributed by atoms with Crippen molar-refractivity contribution in [1.29, 1.82) is 0 Å². The Morgan fingerprint density at radius 3 is 2.90 bits per heavy atom. The monoisotopic (exact) mass is 339 g/mol. The summed E-state index contributed by atoms with van der Waals surface area (Å²) in [4.78, 5) is 16.0. The lowest BCUT2D eigenvalue weighted by Gasteiger charge is -2.28. The summed E-state index contributed by atoms with van der Waals surface area (Å²) < 4.78 is 6.71. The van der Waals surface area contributed by atoms with Crippen LogP contribution in [0.4, 0.5) is 4.79 Å². The van der Waals surface area contributed by atoms with Crippen LogP contribution in [0.15, 0.2) is 28.7 Å². The van der Waals surface area contributed by atoms with Gasteiger partial charge in [-0.15, -0.1) is 0 Å². The Morgan fingerprint density at radius 1 is 1.35 bits per heavy atom. The van der Waals surface area contributed by atoms with Crippen LogP contribution in [0.1, 0.15) is 0 Å². The number of ether oxygens (including phenoxy) is 1. The fraction of sp³-hybridized carbons (Fsp3) is 0.500. The SMILES string of the molecule is O=C1N(CCOc2ccc(Br)cc2)CC2CNCCN12. The minimum absolute atomic E-state index is 0.149. The van der Waals surface area contributed by atoms with Gasteiger partial charge in [0.2, 0.25) is 0 Å². The highest BCUT2D eigenvalue weighted by Crippen LogP contribution is 2.18. The van der Waals surface area contributed by atoms with Gasteiger partial charge in [0.15, 0.2) is 0 Å². The highest BCUT2D eigenvalue weighted by molar-refractivity contribution is 9.10. The number of benzene rings is 1. The Balaban J connectivity index is 1.49. The molecule has 1 atom stereocenters. The molecular weight excluding hydrogens is 322 g/mol. The average Bonchev–Trinajstić information content (AvgIpc) is 2.78. The van der Waals surface area contributed by atoms with Crippen molar-refractivity contribution in [2.75, 3.05) is 39.3 Å². The van der Waals surface area contributed by atoms with Crippen molar-refractivity contribution in [1.82, 2.24) is 15.1 Å². The summed E-state index contributed by atoms with van der Waals surface area (Å²) in [7, 11) is 0. The van der Waals surface area contributed by atoms with Gasteiger partial charge in [-0.1, -0.05) is 15.9 Å². The third kappa shape index (κ3) is 2.91. The predicted molar refractivity (Wildman–Crippen MR) is 80.0 cm³/mol. The third-order valence-electron chi connectivity index (χ3n) is 3.74. The van der Waals surface area contributed by atoms with Gasteiger partial charge in [-0.3, -0.25) is 0 Å². The van der Waals surface area contributed by atoms with Gasteiger partial charge in [-0.2, -0.15) is 0 Å². The van der Waals surface area contributed by atoms with Crippen LogP contribution in [0.2, 0.25) is 0 Å². The normalized spacial score (nSPS) is 22.1. The minimum atomic E-state index is 0.149. The summed E-state index contributed by atoms with van der Waals surface area (Å²) >= 11 is 3.39. The lowest BCUT2D eigenvalue weighted by Crippen LogP contribution is -2.49. The van der Waals surface area contributed by atoms with E-state index in [-0.39, 0.29) is 6.03 Å². The number of hydrogen-bond acceptors (Lipinski definition) is 3. The number of rotatable bonds is 4. The first-order chi connectivity index (χ1) is 9.74. The summed E-state index contributed by atoms with van der Waals surface area (Å²) in [6.07, 6.45) is 0. The zero-order chi connectivity index (χ0) is 13.9. The second-order valence-electron chi connectivity index (χ2n) is 5.08. The van der Waals surface area contributed by atoms with Crippen LogP contribution in [0.5, 0.6) is 5.75 Å². The van der Waals surface area contributed by atoms with Gasteiger partial charge in [0.1, 0.15) is 12.4 Å². The van der Waals surface area contributed by atoms with Crippen LogP contribution in [0.25, 0.3) is 0 Å². The minimum Gasteiger partial charge on any atom is -0.492 e. The second-order valence-corrected chi connectivity index (χ2v) is 6.00. The maximum Gasteiger partial charge on any atom is 0.320 e. The van der Waals surface area contributed by atoms with Crippen molar-refractivity contribution >= 4 is 22.0 Å². The molecule has 0 aromatic heterocycles. The molecular formula is C14H18BrN3O2. The van der Waals surface area contributed by atoms with Crippen LogP contribution in [0, 0.1) is 0 Å².